The molecule has 44 heavy (non-hydrogen) atoms. The van der Waals surface area contributed by atoms with Crippen LogP contribution in [0.15, 0.2) is 0 Å². The number of carbonyl (C=O) groups is 3. The number of nitrogens with zero attached hydrogens (tertiary/aromatic N) is 7. The van der Waals surface area contributed by atoms with Crippen molar-refractivity contribution in [3.8, 4) is 0 Å². The molecule has 2 fully saturated rings. The van der Waals surface area contributed by atoms with Crippen LogP contribution < -0.4 is 15.1 Å². The summed E-state index contributed by atoms with van der Waals surface area (Å²) < 4.78 is 80.9. The van der Waals surface area contributed by atoms with Gasteiger partial charge in [-0.25, -0.2) is 14.8 Å². The van der Waals surface area contributed by atoms with Crippen molar-refractivity contribution < 1.29 is 45.8 Å². The lowest BCUT2D eigenvalue weighted by Crippen LogP contribution is -2.40. The first-order valence-corrected chi connectivity index (χ1v) is 13.9. The molecule has 0 bridgehead atoms. The van der Waals surface area contributed by atoms with Crippen LogP contribution in [-0.2, 0) is 48.1 Å². The Morgan fingerprint density at radius 3 is 1.70 bits per heavy atom. The molecule has 12 nitrogen and oxygen atoms in total. The molecule has 0 atom stereocenters. The van der Waals surface area contributed by atoms with Crippen molar-refractivity contribution in [1.29, 1.82) is 0 Å². The summed E-state index contributed by atoms with van der Waals surface area (Å²) in [5.74, 6) is -2.29. The van der Waals surface area contributed by atoms with Crippen molar-refractivity contribution in [2.75, 3.05) is 36.0 Å². The number of aromatic nitrogens is 4. The van der Waals surface area contributed by atoms with Gasteiger partial charge in [-0.05, 0) is 25.7 Å². The molecule has 0 unspecified atom stereocenters. The normalized spacial score (nSPS) is 19.1. The van der Waals surface area contributed by atoms with Crippen molar-refractivity contribution >= 4 is 42.0 Å². The number of fused-ring (bicyclic) bond motifs is 2. The van der Waals surface area contributed by atoms with Gasteiger partial charge in [0.05, 0.1) is 17.9 Å². The van der Waals surface area contributed by atoms with Gasteiger partial charge in [-0.15, -0.1) is 12.4 Å². The van der Waals surface area contributed by atoms with Crippen LogP contribution in [0.4, 0.5) is 42.8 Å². The Kier molecular flexibility index (Phi) is 9.72. The molecule has 0 aromatic carbocycles. The number of hydrogen-bond donors (Lipinski definition) is 2. The highest BCUT2D eigenvalue weighted by atomic mass is 35.5. The summed E-state index contributed by atoms with van der Waals surface area (Å²) in [7, 11) is 0. The monoisotopic (exact) mass is 656 g/mol. The molecule has 2 aromatic heterocycles. The average molecular weight is 657 g/mol. The number of piperidine rings is 2. The predicted molar refractivity (Wildman–Crippen MR) is 144 cm³/mol. The third-order valence-corrected chi connectivity index (χ3v) is 7.78. The van der Waals surface area contributed by atoms with E-state index >= 15 is 0 Å². The molecule has 244 valence electrons. The minimum Gasteiger partial charge on any atom is -0.465 e. The smallest absolute Gasteiger partial charge is 0.449 e. The topological polar surface area (TPSA) is 129 Å². The summed E-state index contributed by atoms with van der Waals surface area (Å²) in [6.45, 7) is 1.35. The molecule has 2 aromatic rings. The molecule has 0 aliphatic carbocycles. The molecule has 4 aliphatic rings. The number of carboxylic acid groups (broad SMARTS) is 1. The lowest BCUT2D eigenvalue weighted by atomic mass is 10.1. The fraction of sp³-hybridized carbons (Fsp3) is 0.640. The van der Waals surface area contributed by atoms with Gasteiger partial charge in [0.2, 0.25) is 23.5 Å². The molecule has 2 saturated heterocycles. The van der Waals surface area contributed by atoms with E-state index in [0.717, 1.165) is 22.3 Å². The van der Waals surface area contributed by atoms with Crippen LogP contribution in [0, 0.1) is 0 Å². The largest absolute Gasteiger partial charge is 0.465 e. The number of hydrogen-bond acceptors (Lipinski definition) is 6. The maximum absolute atomic E-state index is 13.2. The Bertz CT molecular complexity index is 1410. The van der Waals surface area contributed by atoms with Crippen LogP contribution in [0.5, 0.6) is 0 Å². The predicted octanol–water partition coefficient (Wildman–Crippen LogP) is 3.86. The van der Waals surface area contributed by atoms with Gasteiger partial charge in [-0.1, -0.05) is 0 Å². The molecule has 0 saturated carbocycles. The van der Waals surface area contributed by atoms with Gasteiger partial charge in [-0.3, -0.25) is 19.4 Å². The van der Waals surface area contributed by atoms with Crippen molar-refractivity contribution in [2.45, 2.75) is 77.1 Å². The van der Waals surface area contributed by atoms with Crippen molar-refractivity contribution in [3.63, 3.8) is 0 Å². The average Bonchev–Trinajstić information content (AvgIpc) is 3.53. The lowest BCUT2D eigenvalue weighted by molar-refractivity contribution is -0.148. The Morgan fingerprint density at radius 1 is 0.727 bits per heavy atom. The minimum atomic E-state index is -4.66. The van der Waals surface area contributed by atoms with Crippen LogP contribution in [-0.4, -0.2) is 73.2 Å². The molecule has 6 rings (SSSR count). The molecule has 6 heterocycles. The number of anilines is 2. The van der Waals surface area contributed by atoms with E-state index in [9.17, 15) is 40.7 Å². The number of rotatable bonds is 2. The van der Waals surface area contributed by atoms with Crippen molar-refractivity contribution in [2.24, 2.45) is 0 Å². The number of amides is 3. The number of alkyl halides is 6. The second-order valence-corrected chi connectivity index (χ2v) is 10.6. The molecule has 0 radical (unpaired) electrons. The Hall–Kier alpha value is -3.54. The molecule has 3 amide bonds. The Morgan fingerprint density at radius 2 is 1.23 bits per heavy atom. The summed E-state index contributed by atoms with van der Waals surface area (Å²) in [6, 6.07) is 0. The zero-order valence-electron chi connectivity index (χ0n) is 23.4. The summed E-state index contributed by atoms with van der Waals surface area (Å²) >= 11 is 0. The fourth-order valence-corrected chi connectivity index (χ4v) is 5.73. The number of carbonyl (C=O) groups excluding carboxylic acids is 2. The van der Waals surface area contributed by atoms with E-state index in [1.54, 1.807) is 0 Å². The van der Waals surface area contributed by atoms with Crippen LogP contribution in [0.25, 0.3) is 0 Å². The Balaban J connectivity index is 0.000000198. The third kappa shape index (κ3) is 6.60. The summed E-state index contributed by atoms with van der Waals surface area (Å²) in [5.41, 5.74) is 0.583. The Labute approximate surface area is 253 Å². The van der Waals surface area contributed by atoms with Gasteiger partial charge < -0.3 is 24.5 Å². The van der Waals surface area contributed by atoms with E-state index < -0.39 is 30.1 Å². The fourth-order valence-electron chi connectivity index (χ4n) is 5.73. The van der Waals surface area contributed by atoms with Crippen LogP contribution >= 0.6 is 12.4 Å². The number of halogens is 7. The zero-order chi connectivity index (χ0) is 31.1. The first kappa shape index (κ1) is 33.4. The van der Waals surface area contributed by atoms with Gasteiger partial charge in [0.15, 0.2) is 11.6 Å². The standard InChI is InChI=1S/C13H15F3N4O3.C12H15F3N4O.ClH/c14-13(15,16)11-17-10(20-4-2-1-3-9(20)21)8-7-18(12(22)23)5-6-19(8)11;13-12(14,15)11-17-10(8-7-16-4-6-18(8)11)19-5-2-1-3-9(19)20;/h1-7H2,(H,22,23);16H,1-7H2;1H. The highest BCUT2D eigenvalue weighted by molar-refractivity contribution is 5.94. The quantitative estimate of drug-likeness (QED) is 0.470. The molecular formula is C25H31ClF6N8O4. The van der Waals surface area contributed by atoms with E-state index in [-0.39, 0.29) is 74.2 Å². The van der Waals surface area contributed by atoms with E-state index in [2.05, 4.69) is 15.3 Å². The van der Waals surface area contributed by atoms with E-state index in [4.69, 9.17) is 5.11 Å². The summed E-state index contributed by atoms with van der Waals surface area (Å²) in [5, 5.41) is 12.1. The maximum Gasteiger partial charge on any atom is 0.449 e. The van der Waals surface area contributed by atoms with Crippen LogP contribution in [0.2, 0.25) is 0 Å². The van der Waals surface area contributed by atoms with E-state index in [0.29, 0.717) is 51.1 Å². The zero-order valence-corrected chi connectivity index (χ0v) is 24.2. The second-order valence-electron chi connectivity index (χ2n) is 10.6. The van der Waals surface area contributed by atoms with Gasteiger partial charge in [0.1, 0.15) is 0 Å². The minimum absolute atomic E-state index is 0. The molecule has 0 spiro atoms. The number of imidazole rings is 2. The van der Waals surface area contributed by atoms with Crippen molar-refractivity contribution in [3.05, 3.63) is 23.0 Å². The van der Waals surface area contributed by atoms with Gasteiger partial charge in [0, 0.05) is 58.7 Å². The first-order chi connectivity index (χ1) is 20.3. The maximum atomic E-state index is 13.2. The highest BCUT2D eigenvalue weighted by Crippen LogP contribution is 2.37. The first-order valence-electron chi connectivity index (χ1n) is 13.9. The molecule has 19 heteroatoms. The highest BCUT2D eigenvalue weighted by Gasteiger charge is 2.43. The van der Waals surface area contributed by atoms with Gasteiger partial charge >= 0.3 is 18.4 Å². The van der Waals surface area contributed by atoms with E-state index in [1.165, 1.54) is 14.4 Å². The van der Waals surface area contributed by atoms with E-state index in [1.807, 2.05) is 0 Å². The summed E-state index contributed by atoms with van der Waals surface area (Å²) in [6.07, 6.45) is -6.76. The third-order valence-electron chi connectivity index (χ3n) is 7.78. The molecule has 4 aliphatic heterocycles. The molecular weight excluding hydrogens is 626 g/mol. The lowest BCUT2D eigenvalue weighted by Gasteiger charge is -2.30. The summed E-state index contributed by atoms with van der Waals surface area (Å²) in [4.78, 5) is 46.1. The molecule has 2 N–H and O–H groups in total. The van der Waals surface area contributed by atoms with Gasteiger partial charge in [-0.2, -0.15) is 26.3 Å². The van der Waals surface area contributed by atoms with Crippen LogP contribution in [0.3, 0.4) is 0 Å². The van der Waals surface area contributed by atoms with Crippen LogP contribution in [0.1, 0.15) is 61.6 Å². The van der Waals surface area contributed by atoms with Gasteiger partial charge in [0.25, 0.3) is 0 Å². The second kappa shape index (κ2) is 12.8. The number of nitrogens with one attached hydrogen (secondary N) is 1. The SMILES string of the molecule is Cl.O=C(O)N1CCn2c(C(F)(F)F)nc(N3CCCCC3=O)c2C1.O=C1CCCCN1c1nc(C(F)(F)F)n2c1CNCC2. The van der Waals surface area contributed by atoms with Crippen molar-refractivity contribution in [1.82, 2.24) is 29.3 Å².